The number of nitro groups is 1. The van der Waals surface area contributed by atoms with Crippen molar-refractivity contribution < 1.29 is 24.3 Å². The average molecular weight is 547 g/mol. The normalized spacial score (nSPS) is 13.1. The molecule has 0 fully saturated rings. The first kappa shape index (κ1) is 25.8. The molecule has 11 nitrogen and oxygen atoms in total. The number of hydrogen-bond donors (Lipinski definition) is 1. The average Bonchev–Trinajstić information content (AvgIpc) is 2.83. The molecule has 0 aliphatic carbocycles. The SMILES string of the molecule is CC[C@H](C)c1nc2ccc(Br)cc2c(=O)n1N=Cc1cc(OC)c(O[C@H](C)C(=O)O)c([N+](=O)[O-])c1. The van der Waals surface area contributed by atoms with Crippen molar-refractivity contribution in [1.29, 1.82) is 0 Å². The lowest BCUT2D eigenvalue weighted by Gasteiger charge is -2.15. The molecule has 12 heteroatoms. The van der Waals surface area contributed by atoms with Gasteiger partial charge in [0.15, 0.2) is 11.9 Å². The minimum Gasteiger partial charge on any atom is -0.493 e. The zero-order chi connectivity index (χ0) is 25.9. The Morgan fingerprint density at radius 1 is 1.34 bits per heavy atom. The van der Waals surface area contributed by atoms with E-state index in [0.717, 1.165) is 6.07 Å². The molecule has 3 rings (SSSR count). The highest BCUT2D eigenvalue weighted by Gasteiger charge is 2.26. The number of carboxylic acid groups (broad SMARTS) is 1. The van der Waals surface area contributed by atoms with E-state index in [2.05, 4.69) is 26.0 Å². The summed E-state index contributed by atoms with van der Waals surface area (Å²) in [6.45, 7) is 5.12. The van der Waals surface area contributed by atoms with Crippen molar-refractivity contribution in [2.45, 2.75) is 39.2 Å². The number of methoxy groups -OCH3 is 1. The Hall–Kier alpha value is -3.80. The van der Waals surface area contributed by atoms with Gasteiger partial charge in [0.2, 0.25) is 5.75 Å². The molecule has 1 heterocycles. The Bertz CT molecular complexity index is 1390. The van der Waals surface area contributed by atoms with E-state index in [-0.39, 0.29) is 28.5 Å². The van der Waals surface area contributed by atoms with Gasteiger partial charge in [-0.2, -0.15) is 9.78 Å². The van der Waals surface area contributed by atoms with Crippen LogP contribution in [0.15, 0.2) is 44.7 Å². The second-order valence-corrected chi connectivity index (χ2v) is 8.64. The zero-order valence-electron chi connectivity index (χ0n) is 19.4. The lowest BCUT2D eigenvalue weighted by Crippen LogP contribution is -2.24. The topological polar surface area (TPSA) is 146 Å². The quantitative estimate of drug-likeness (QED) is 0.237. The number of carboxylic acids is 1. The summed E-state index contributed by atoms with van der Waals surface area (Å²) in [5.41, 5.74) is -0.125. The van der Waals surface area contributed by atoms with Crippen molar-refractivity contribution in [3.63, 3.8) is 0 Å². The van der Waals surface area contributed by atoms with Gasteiger partial charge in [-0.05, 0) is 37.6 Å². The van der Waals surface area contributed by atoms with Crippen LogP contribution in [0.25, 0.3) is 10.9 Å². The Kier molecular flexibility index (Phi) is 7.85. The van der Waals surface area contributed by atoms with Crippen LogP contribution in [0.4, 0.5) is 5.69 Å². The Labute approximate surface area is 208 Å². The molecule has 35 heavy (non-hydrogen) atoms. The molecular weight excluding hydrogens is 524 g/mol. The number of aromatic nitrogens is 2. The summed E-state index contributed by atoms with van der Waals surface area (Å²) in [4.78, 5) is 40.0. The number of rotatable bonds is 9. The number of hydrogen-bond acceptors (Lipinski definition) is 8. The molecule has 184 valence electrons. The predicted molar refractivity (Wildman–Crippen MR) is 133 cm³/mol. The van der Waals surface area contributed by atoms with Crippen LogP contribution in [0.2, 0.25) is 0 Å². The fraction of sp³-hybridized carbons (Fsp3) is 0.304. The standard InChI is InChI=1S/C23H23BrN4O7/c1-5-12(2)21-26-17-7-6-15(24)10-16(17)22(29)27(21)25-11-14-8-18(28(32)33)20(19(9-14)34-4)35-13(3)23(30)31/h6-13H,5H2,1-4H3,(H,30,31)/t12-,13+/m0/s1. The van der Waals surface area contributed by atoms with Crippen molar-refractivity contribution in [2.24, 2.45) is 5.10 Å². The predicted octanol–water partition coefficient (Wildman–Crippen LogP) is 4.32. The number of halogens is 1. The number of nitro benzene ring substituents is 1. The molecule has 2 atom stereocenters. The van der Waals surface area contributed by atoms with Gasteiger partial charge in [0.1, 0.15) is 5.82 Å². The highest BCUT2D eigenvalue weighted by molar-refractivity contribution is 9.10. The second-order valence-electron chi connectivity index (χ2n) is 7.73. The molecule has 0 aliphatic rings. The Morgan fingerprint density at radius 2 is 2.06 bits per heavy atom. The van der Waals surface area contributed by atoms with Gasteiger partial charge in [-0.25, -0.2) is 9.78 Å². The van der Waals surface area contributed by atoms with E-state index in [4.69, 9.17) is 14.6 Å². The molecular formula is C23H23BrN4O7. The monoisotopic (exact) mass is 546 g/mol. The molecule has 0 saturated heterocycles. The Morgan fingerprint density at radius 3 is 2.66 bits per heavy atom. The number of carbonyl (C=O) groups is 1. The molecule has 1 N–H and O–H groups in total. The smallest absolute Gasteiger partial charge is 0.344 e. The largest absolute Gasteiger partial charge is 0.493 e. The van der Waals surface area contributed by atoms with Crippen molar-refractivity contribution in [3.8, 4) is 11.5 Å². The highest BCUT2D eigenvalue weighted by atomic mass is 79.9. The number of aliphatic carboxylic acids is 1. The maximum Gasteiger partial charge on any atom is 0.344 e. The Balaban J connectivity index is 2.17. The summed E-state index contributed by atoms with van der Waals surface area (Å²) in [7, 11) is 1.27. The van der Waals surface area contributed by atoms with Gasteiger partial charge in [-0.1, -0.05) is 29.8 Å². The molecule has 1 aromatic heterocycles. The van der Waals surface area contributed by atoms with Crippen molar-refractivity contribution in [3.05, 3.63) is 66.7 Å². The molecule has 0 amide bonds. The van der Waals surface area contributed by atoms with Crippen LogP contribution in [0.3, 0.4) is 0 Å². The van der Waals surface area contributed by atoms with Gasteiger partial charge < -0.3 is 14.6 Å². The lowest BCUT2D eigenvalue weighted by molar-refractivity contribution is -0.386. The number of nitrogens with zero attached hydrogens (tertiary/aromatic N) is 4. The third-order valence-corrected chi connectivity index (χ3v) is 5.82. The van der Waals surface area contributed by atoms with Crippen molar-refractivity contribution in [2.75, 3.05) is 7.11 Å². The van der Waals surface area contributed by atoms with Crippen LogP contribution in [-0.4, -0.2) is 45.1 Å². The first-order valence-electron chi connectivity index (χ1n) is 10.6. The van der Waals surface area contributed by atoms with E-state index in [1.165, 1.54) is 31.0 Å². The van der Waals surface area contributed by atoms with Gasteiger partial charge in [-0.15, -0.1) is 0 Å². The third-order valence-electron chi connectivity index (χ3n) is 5.33. The first-order valence-corrected chi connectivity index (χ1v) is 11.4. The van der Waals surface area contributed by atoms with Gasteiger partial charge in [0, 0.05) is 22.0 Å². The zero-order valence-corrected chi connectivity index (χ0v) is 21.0. The molecule has 0 spiro atoms. The summed E-state index contributed by atoms with van der Waals surface area (Å²) < 4.78 is 12.4. The van der Waals surface area contributed by atoms with Crippen LogP contribution in [0, 0.1) is 10.1 Å². The van der Waals surface area contributed by atoms with Crippen molar-refractivity contribution in [1.82, 2.24) is 9.66 Å². The van der Waals surface area contributed by atoms with Gasteiger partial charge in [0.25, 0.3) is 5.56 Å². The minimum absolute atomic E-state index is 0.0520. The fourth-order valence-corrected chi connectivity index (χ4v) is 3.58. The summed E-state index contributed by atoms with van der Waals surface area (Å²) in [6.07, 6.45) is 0.636. The van der Waals surface area contributed by atoms with Crippen LogP contribution < -0.4 is 15.0 Å². The van der Waals surface area contributed by atoms with Gasteiger partial charge >= 0.3 is 11.7 Å². The fourth-order valence-electron chi connectivity index (χ4n) is 3.22. The molecule has 2 aromatic carbocycles. The number of ether oxygens (including phenoxy) is 2. The molecule has 0 saturated carbocycles. The third kappa shape index (κ3) is 5.48. The second kappa shape index (κ2) is 10.6. The van der Waals surface area contributed by atoms with E-state index >= 15 is 0 Å². The summed E-state index contributed by atoms with van der Waals surface area (Å²) >= 11 is 3.36. The van der Waals surface area contributed by atoms with E-state index < -0.39 is 22.7 Å². The molecule has 0 bridgehead atoms. The van der Waals surface area contributed by atoms with E-state index in [1.54, 1.807) is 18.2 Å². The molecule has 0 aliphatic heterocycles. The van der Waals surface area contributed by atoms with Crippen LogP contribution >= 0.6 is 15.9 Å². The van der Waals surface area contributed by atoms with Crippen molar-refractivity contribution >= 4 is 44.7 Å². The molecule has 0 unspecified atom stereocenters. The number of benzene rings is 2. The summed E-state index contributed by atoms with van der Waals surface area (Å²) in [6, 6.07) is 7.75. The molecule has 0 radical (unpaired) electrons. The van der Waals surface area contributed by atoms with Gasteiger partial charge in [0.05, 0.1) is 29.2 Å². The summed E-state index contributed by atoms with van der Waals surface area (Å²) in [5, 5.41) is 25.5. The highest BCUT2D eigenvalue weighted by Crippen LogP contribution is 2.38. The van der Waals surface area contributed by atoms with Crippen LogP contribution in [0.1, 0.15) is 44.5 Å². The maximum absolute atomic E-state index is 13.3. The van der Waals surface area contributed by atoms with Crippen LogP contribution in [-0.2, 0) is 4.79 Å². The molecule has 3 aromatic rings. The summed E-state index contributed by atoms with van der Waals surface area (Å²) in [5.74, 6) is -1.31. The van der Waals surface area contributed by atoms with Gasteiger partial charge in [-0.3, -0.25) is 14.9 Å². The van der Waals surface area contributed by atoms with E-state index in [9.17, 15) is 19.7 Å². The lowest BCUT2D eigenvalue weighted by atomic mass is 10.1. The maximum atomic E-state index is 13.3. The number of fused-ring (bicyclic) bond motifs is 1. The van der Waals surface area contributed by atoms with E-state index in [1.807, 2.05) is 13.8 Å². The van der Waals surface area contributed by atoms with E-state index in [0.29, 0.717) is 27.6 Å². The minimum atomic E-state index is -1.35. The first-order chi connectivity index (χ1) is 16.6. The van der Waals surface area contributed by atoms with Crippen LogP contribution in [0.5, 0.6) is 11.5 Å².